The number of hydrogen-bond donors (Lipinski definition) is 4. The zero-order chi connectivity index (χ0) is 41.1. The van der Waals surface area contributed by atoms with E-state index in [4.69, 9.17) is 18.9 Å². The minimum absolute atomic E-state index is 0.0153. The molecule has 8 atom stereocenters. The van der Waals surface area contributed by atoms with Crippen LogP contribution < -0.4 is 14.8 Å². The van der Waals surface area contributed by atoms with Crippen molar-refractivity contribution in [2.45, 2.75) is 75.9 Å². The summed E-state index contributed by atoms with van der Waals surface area (Å²) >= 11 is 0. The lowest BCUT2D eigenvalue weighted by atomic mass is 9.45. The second-order valence-electron chi connectivity index (χ2n) is 14.8. The molecule has 4 N–H and O–H groups in total. The standard InChI is InChI=1S/C38H45FN2O15/c1-35-13-12-24(42)17-23(35)8-9-25-26-18-29(43)38(49,36(26,2)19-30(44)37(25,35)39)31(45)21-54-34(48)40-20-33(47)56-27-10-6-22(16-28(27)52-3)7-11-32(46)53-14-4-5-15-55-41(50)51/h6-8,10-13,16,25-26,29-30,43-44,49H,4-5,9,14-15,17-21H2,1-3H3,(H,40,48)/t25-,26-,29+,30-,35-,36-,37-,38-/m0/s1. The molecule has 0 spiro atoms. The Morgan fingerprint density at radius 1 is 1.07 bits per heavy atom. The summed E-state index contributed by atoms with van der Waals surface area (Å²) in [6.07, 6.45) is 2.79. The Bertz CT molecular complexity index is 1850. The molecule has 5 rings (SSSR count). The van der Waals surface area contributed by atoms with E-state index in [-0.39, 0.29) is 49.8 Å². The number of alkyl halides is 1. The first-order valence-electron chi connectivity index (χ1n) is 18.0. The lowest BCUT2D eigenvalue weighted by Crippen LogP contribution is -2.69. The van der Waals surface area contributed by atoms with Gasteiger partial charge < -0.3 is 44.4 Å². The number of Topliss-reactive ketones (excluding diaryl/α,β-unsaturated/α-hetero) is 1. The van der Waals surface area contributed by atoms with Crippen molar-refractivity contribution in [1.29, 1.82) is 0 Å². The number of alkyl carbamates (subject to hydrolysis) is 1. The van der Waals surface area contributed by atoms with E-state index < -0.39 is 94.6 Å². The second-order valence-corrected chi connectivity index (χ2v) is 14.8. The Kier molecular flexibility index (Phi) is 12.4. The highest BCUT2D eigenvalue weighted by Gasteiger charge is 2.76. The summed E-state index contributed by atoms with van der Waals surface area (Å²) in [5, 5.41) is 45.8. The average molecular weight is 789 g/mol. The molecule has 56 heavy (non-hydrogen) atoms. The Balaban J connectivity index is 1.12. The van der Waals surface area contributed by atoms with Crippen LogP contribution in [0.3, 0.4) is 0 Å². The van der Waals surface area contributed by atoms with Crippen LogP contribution in [0.25, 0.3) is 6.08 Å². The molecular formula is C38H45FN2O15. The van der Waals surface area contributed by atoms with Gasteiger partial charge in [-0.05, 0) is 74.8 Å². The van der Waals surface area contributed by atoms with Gasteiger partial charge in [-0.25, -0.2) is 18.8 Å². The lowest BCUT2D eigenvalue weighted by molar-refractivity contribution is -0.757. The zero-order valence-corrected chi connectivity index (χ0v) is 31.1. The van der Waals surface area contributed by atoms with Gasteiger partial charge in [-0.2, -0.15) is 0 Å². The number of rotatable bonds is 15. The van der Waals surface area contributed by atoms with Crippen LogP contribution in [0.15, 0.2) is 48.1 Å². The second kappa shape index (κ2) is 16.5. The number of methoxy groups -OCH3 is 1. The van der Waals surface area contributed by atoms with Gasteiger partial charge in [-0.1, -0.05) is 30.7 Å². The molecule has 1 aromatic carbocycles. The molecule has 1 amide bonds. The molecule has 0 saturated heterocycles. The molecule has 2 fully saturated rings. The van der Waals surface area contributed by atoms with Crippen LogP contribution >= 0.6 is 0 Å². The molecule has 0 aromatic heterocycles. The third-order valence-electron chi connectivity index (χ3n) is 11.8. The summed E-state index contributed by atoms with van der Waals surface area (Å²) < 4.78 is 37.9. The predicted molar refractivity (Wildman–Crippen MR) is 190 cm³/mol. The molecule has 17 nitrogen and oxygen atoms in total. The Labute approximate surface area is 320 Å². The maximum atomic E-state index is 17.3. The Morgan fingerprint density at radius 2 is 1.80 bits per heavy atom. The third-order valence-corrected chi connectivity index (χ3v) is 11.8. The van der Waals surface area contributed by atoms with E-state index in [9.17, 15) is 49.4 Å². The molecule has 0 aliphatic heterocycles. The van der Waals surface area contributed by atoms with Crippen LogP contribution in [-0.4, -0.2) is 107 Å². The van der Waals surface area contributed by atoms with Crippen molar-refractivity contribution in [1.82, 2.24) is 5.32 Å². The van der Waals surface area contributed by atoms with Gasteiger partial charge >= 0.3 is 18.0 Å². The van der Waals surface area contributed by atoms with Gasteiger partial charge in [0, 0.05) is 29.2 Å². The third kappa shape index (κ3) is 7.77. The van der Waals surface area contributed by atoms with Crippen molar-refractivity contribution in [3.8, 4) is 11.5 Å². The first-order valence-corrected chi connectivity index (χ1v) is 18.0. The summed E-state index contributed by atoms with van der Waals surface area (Å²) in [5.41, 5.74) is -6.56. The summed E-state index contributed by atoms with van der Waals surface area (Å²) in [7, 11) is 1.31. The molecule has 304 valence electrons. The number of unbranched alkanes of at least 4 members (excludes halogenated alkanes) is 1. The number of ketones is 2. The van der Waals surface area contributed by atoms with Crippen LogP contribution in [-0.2, 0) is 33.5 Å². The first kappa shape index (κ1) is 42.0. The van der Waals surface area contributed by atoms with Gasteiger partial charge in [0.15, 0.2) is 35.2 Å². The van der Waals surface area contributed by atoms with Crippen LogP contribution in [0.5, 0.6) is 11.5 Å². The quantitative estimate of drug-likeness (QED) is 0.0379. The highest BCUT2D eigenvalue weighted by atomic mass is 19.1. The number of carbonyl (C=O) groups excluding carboxylic acids is 5. The number of halogens is 1. The van der Waals surface area contributed by atoms with Gasteiger partial charge in [0.1, 0.15) is 6.54 Å². The van der Waals surface area contributed by atoms with E-state index >= 15 is 4.39 Å². The topological polar surface area (TPSA) is 247 Å². The fourth-order valence-corrected chi connectivity index (χ4v) is 8.83. The number of fused-ring (bicyclic) bond motifs is 5. The molecule has 1 aromatic rings. The largest absolute Gasteiger partial charge is 0.493 e. The number of nitrogens with zero attached hydrogens (tertiary/aromatic N) is 1. The van der Waals surface area contributed by atoms with Crippen LogP contribution in [0, 0.1) is 32.8 Å². The van der Waals surface area contributed by atoms with Crippen molar-refractivity contribution in [2.75, 3.05) is 33.5 Å². The summed E-state index contributed by atoms with van der Waals surface area (Å²) in [6.45, 7) is 1.31. The van der Waals surface area contributed by atoms with Crippen LogP contribution in [0.4, 0.5) is 9.18 Å². The fraction of sp³-hybridized carbons (Fsp3) is 0.553. The summed E-state index contributed by atoms with van der Waals surface area (Å²) in [6, 6.07) is 4.33. The Morgan fingerprint density at radius 3 is 2.52 bits per heavy atom. The van der Waals surface area contributed by atoms with E-state index in [1.165, 1.54) is 50.5 Å². The minimum Gasteiger partial charge on any atom is -0.493 e. The highest BCUT2D eigenvalue weighted by Crippen LogP contribution is 2.69. The number of carbonyl (C=O) groups is 5. The fourth-order valence-electron chi connectivity index (χ4n) is 8.83. The monoisotopic (exact) mass is 788 g/mol. The number of allylic oxidation sites excluding steroid dienone is 4. The normalized spacial score (nSPS) is 31.6. The first-order chi connectivity index (χ1) is 26.4. The maximum Gasteiger partial charge on any atom is 0.408 e. The minimum atomic E-state index is -2.52. The molecule has 4 aliphatic carbocycles. The number of benzene rings is 1. The van der Waals surface area contributed by atoms with Gasteiger partial charge in [0.25, 0.3) is 5.09 Å². The lowest BCUT2D eigenvalue weighted by Gasteiger charge is -2.61. The average Bonchev–Trinajstić information content (AvgIpc) is 3.35. The molecule has 2 saturated carbocycles. The van der Waals surface area contributed by atoms with Gasteiger partial charge in [0.05, 0.1) is 32.5 Å². The maximum absolute atomic E-state index is 17.3. The van der Waals surface area contributed by atoms with Gasteiger partial charge in [0.2, 0.25) is 5.78 Å². The molecule has 0 bridgehead atoms. The summed E-state index contributed by atoms with van der Waals surface area (Å²) in [4.78, 5) is 77.0. The molecule has 4 aliphatic rings. The predicted octanol–water partition coefficient (Wildman–Crippen LogP) is 2.51. The summed E-state index contributed by atoms with van der Waals surface area (Å²) in [5.74, 6) is -4.48. The van der Waals surface area contributed by atoms with Crippen LogP contribution in [0.2, 0.25) is 0 Å². The molecule has 18 heteroatoms. The van der Waals surface area contributed by atoms with E-state index in [2.05, 4.69) is 10.2 Å². The van der Waals surface area contributed by atoms with E-state index in [0.29, 0.717) is 24.0 Å². The molecule has 0 radical (unpaired) electrons. The molecule has 0 unspecified atom stereocenters. The van der Waals surface area contributed by atoms with Crippen molar-refractivity contribution in [2.24, 2.45) is 22.7 Å². The highest BCUT2D eigenvalue weighted by molar-refractivity contribution is 5.94. The SMILES string of the molecule is COc1cc(C=CC(=O)OCCCCO[N+](=O)[O-])ccc1OC(=O)CNC(=O)OCC(=O)[C@@]1(O)[C@H](O)C[C@H]2[C@@H]3CC=C4CC(=O)C=C[C@]4(C)[C@@]3(F)[C@@H](O)C[C@@]21C. The van der Waals surface area contributed by atoms with E-state index in [0.717, 1.165) is 6.08 Å². The van der Waals surface area contributed by atoms with E-state index in [1.54, 1.807) is 13.0 Å². The number of esters is 2. The Hall–Kier alpha value is -5.20. The number of amides is 1. The number of aliphatic hydroxyl groups is 3. The molecule has 0 heterocycles. The molecular weight excluding hydrogens is 743 g/mol. The van der Waals surface area contributed by atoms with Gasteiger partial charge in [-0.3, -0.25) is 9.59 Å². The van der Waals surface area contributed by atoms with Gasteiger partial charge in [-0.15, -0.1) is 10.1 Å². The number of aliphatic hydroxyl groups excluding tert-OH is 2. The number of hydrogen-bond acceptors (Lipinski definition) is 15. The van der Waals surface area contributed by atoms with Crippen molar-refractivity contribution < 1.29 is 72.6 Å². The number of ether oxygens (including phenoxy) is 4. The van der Waals surface area contributed by atoms with Crippen molar-refractivity contribution >= 4 is 35.7 Å². The zero-order valence-electron chi connectivity index (χ0n) is 31.1. The van der Waals surface area contributed by atoms with Crippen molar-refractivity contribution in [3.63, 3.8) is 0 Å². The number of nitrogens with one attached hydrogen (secondary N) is 1. The van der Waals surface area contributed by atoms with E-state index in [1.807, 2.05) is 0 Å². The van der Waals surface area contributed by atoms with Crippen LogP contribution in [0.1, 0.15) is 57.9 Å². The van der Waals surface area contributed by atoms with Crippen molar-refractivity contribution in [3.05, 3.63) is 63.8 Å². The smallest absolute Gasteiger partial charge is 0.408 e.